The number of anilines is 1. The summed E-state index contributed by atoms with van der Waals surface area (Å²) in [5, 5.41) is 6.91. The first-order valence-corrected chi connectivity index (χ1v) is 8.31. The van der Waals surface area contributed by atoms with Crippen molar-refractivity contribution in [2.45, 2.75) is 26.8 Å². The van der Waals surface area contributed by atoms with Crippen LogP contribution in [-0.4, -0.2) is 17.5 Å². The number of benzene rings is 2. The largest absolute Gasteiger partial charge is 0.494 e. The Bertz CT molecular complexity index is 696. The van der Waals surface area contributed by atoms with Gasteiger partial charge in [-0.2, -0.15) is 0 Å². The van der Waals surface area contributed by atoms with E-state index >= 15 is 0 Å². The molecule has 0 saturated heterocycles. The monoisotopic (exact) mass is 342 g/mol. The second-order valence-electron chi connectivity index (χ2n) is 5.46. The van der Waals surface area contributed by atoms with Crippen molar-refractivity contribution in [3.63, 3.8) is 0 Å². The lowest BCUT2D eigenvalue weighted by Gasteiger charge is -2.18. The lowest BCUT2D eigenvalue weighted by atomic mass is 10.1. The Morgan fingerprint density at radius 2 is 1.75 bits per heavy atom. The van der Waals surface area contributed by atoms with Crippen molar-refractivity contribution >= 4 is 28.8 Å². The number of Topliss-reactive ketones (excluding diaryl/α,β-unsaturated/α-hetero) is 1. The van der Waals surface area contributed by atoms with Gasteiger partial charge in [0, 0.05) is 11.3 Å². The van der Waals surface area contributed by atoms with Gasteiger partial charge in [-0.1, -0.05) is 12.1 Å². The molecule has 0 heterocycles. The average Bonchev–Trinajstić information content (AvgIpc) is 2.56. The number of carbonyl (C=O) groups excluding carboxylic acids is 1. The number of hydrogen-bond acceptors (Lipinski definition) is 3. The van der Waals surface area contributed by atoms with Crippen LogP contribution in [0, 0.1) is 0 Å². The predicted molar refractivity (Wildman–Crippen MR) is 102 cm³/mol. The van der Waals surface area contributed by atoms with Crippen LogP contribution in [-0.2, 0) is 0 Å². The van der Waals surface area contributed by atoms with E-state index in [4.69, 9.17) is 17.0 Å². The first-order valence-electron chi connectivity index (χ1n) is 7.91. The maximum Gasteiger partial charge on any atom is 0.171 e. The second-order valence-corrected chi connectivity index (χ2v) is 5.86. The van der Waals surface area contributed by atoms with Crippen molar-refractivity contribution in [1.82, 2.24) is 5.32 Å². The minimum absolute atomic E-state index is 0.0476. The summed E-state index contributed by atoms with van der Waals surface area (Å²) in [7, 11) is 0. The van der Waals surface area contributed by atoms with Crippen LogP contribution in [0.5, 0.6) is 5.75 Å². The summed E-state index contributed by atoms with van der Waals surface area (Å²) >= 11 is 5.35. The summed E-state index contributed by atoms with van der Waals surface area (Å²) in [6.07, 6.45) is 0. The molecule has 5 heteroatoms. The molecule has 0 aliphatic heterocycles. The van der Waals surface area contributed by atoms with Crippen LogP contribution in [0.2, 0.25) is 0 Å². The fourth-order valence-corrected chi connectivity index (χ4v) is 2.55. The second kappa shape index (κ2) is 8.45. The molecule has 0 aliphatic carbocycles. The molecule has 1 atom stereocenters. The van der Waals surface area contributed by atoms with Crippen molar-refractivity contribution in [3.8, 4) is 5.75 Å². The highest BCUT2D eigenvalue weighted by Gasteiger charge is 2.08. The Morgan fingerprint density at radius 3 is 2.29 bits per heavy atom. The standard InChI is InChI=1S/C19H22N2O2S/c1-4-23-18-11-7-15(8-12-18)13(2)20-19(24)21-17-9-5-16(6-10-17)14(3)22/h5-13H,4H2,1-3H3,(H2,20,21,24). The van der Waals surface area contributed by atoms with E-state index in [-0.39, 0.29) is 11.8 Å². The molecule has 0 spiro atoms. The van der Waals surface area contributed by atoms with E-state index in [1.807, 2.05) is 50.2 Å². The molecular weight excluding hydrogens is 320 g/mol. The molecule has 0 bridgehead atoms. The minimum atomic E-state index is 0.0476. The number of thiocarbonyl (C=S) groups is 1. The molecule has 126 valence electrons. The summed E-state index contributed by atoms with van der Waals surface area (Å²) in [5.74, 6) is 0.908. The molecule has 2 N–H and O–H groups in total. The normalized spacial score (nSPS) is 11.5. The third-order valence-electron chi connectivity index (χ3n) is 3.59. The van der Waals surface area contributed by atoms with Crippen molar-refractivity contribution < 1.29 is 9.53 Å². The van der Waals surface area contributed by atoms with Gasteiger partial charge in [-0.25, -0.2) is 0 Å². The summed E-state index contributed by atoms with van der Waals surface area (Å²) in [4.78, 5) is 11.3. The van der Waals surface area contributed by atoms with Crippen molar-refractivity contribution in [1.29, 1.82) is 0 Å². The first kappa shape index (κ1) is 17.9. The van der Waals surface area contributed by atoms with Crippen molar-refractivity contribution in [2.75, 3.05) is 11.9 Å². The van der Waals surface area contributed by atoms with Gasteiger partial charge in [-0.3, -0.25) is 4.79 Å². The van der Waals surface area contributed by atoms with E-state index in [0.717, 1.165) is 17.0 Å². The van der Waals surface area contributed by atoms with Crippen LogP contribution in [0.1, 0.15) is 42.7 Å². The molecule has 1 unspecified atom stereocenters. The number of rotatable bonds is 6. The van der Waals surface area contributed by atoms with Gasteiger partial charge in [0.15, 0.2) is 10.9 Å². The van der Waals surface area contributed by atoms with Crippen molar-refractivity contribution in [3.05, 3.63) is 59.7 Å². The smallest absolute Gasteiger partial charge is 0.171 e. The Morgan fingerprint density at radius 1 is 1.12 bits per heavy atom. The predicted octanol–water partition coefficient (Wildman–Crippen LogP) is 4.34. The van der Waals surface area contributed by atoms with Gasteiger partial charge in [-0.05, 0) is 75.0 Å². The topological polar surface area (TPSA) is 50.4 Å². The van der Waals surface area contributed by atoms with Crippen LogP contribution in [0.25, 0.3) is 0 Å². The van der Waals surface area contributed by atoms with Crippen LogP contribution in [0.3, 0.4) is 0 Å². The van der Waals surface area contributed by atoms with Gasteiger partial charge in [0.2, 0.25) is 0 Å². The summed E-state index contributed by atoms with van der Waals surface area (Å²) in [6, 6.07) is 15.3. The SMILES string of the molecule is CCOc1ccc(C(C)NC(=S)Nc2ccc(C(C)=O)cc2)cc1. The van der Waals surface area contributed by atoms with Gasteiger partial charge in [-0.15, -0.1) is 0 Å². The molecule has 0 fully saturated rings. The highest BCUT2D eigenvalue weighted by molar-refractivity contribution is 7.80. The summed E-state index contributed by atoms with van der Waals surface area (Å²) in [5.41, 5.74) is 2.65. The molecule has 24 heavy (non-hydrogen) atoms. The lowest BCUT2D eigenvalue weighted by Crippen LogP contribution is -2.30. The van der Waals surface area contributed by atoms with Gasteiger partial charge in [0.1, 0.15) is 5.75 Å². The van der Waals surface area contributed by atoms with E-state index in [9.17, 15) is 4.79 Å². The Balaban J connectivity index is 1.92. The van der Waals surface area contributed by atoms with Crippen LogP contribution < -0.4 is 15.4 Å². The Labute approximate surface area is 148 Å². The molecule has 0 saturated carbocycles. The molecule has 2 rings (SSSR count). The maximum absolute atomic E-state index is 11.3. The molecule has 2 aromatic rings. The quantitative estimate of drug-likeness (QED) is 0.604. The number of carbonyl (C=O) groups is 1. The fourth-order valence-electron chi connectivity index (χ4n) is 2.25. The van der Waals surface area contributed by atoms with E-state index in [1.54, 1.807) is 19.1 Å². The van der Waals surface area contributed by atoms with Crippen molar-refractivity contribution in [2.24, 2.45) is 0 Å². The number of ketones is 1. The average molecular weight is 342 g/mol. The molecule has 0 amide bonds. The molecule has 4 nitrogen and oxygen atoms in total. The van der Waals surface area contributed by atoms with Gasteiger partial charge < -0.3 is 15.4 Å². The summed E-state index contributed by atoms with van der Waals surface area (Å²) in [6.45, 7) is 6.21. The first-order chi connectivity index (χ1) is 11.5. The molecule has 0 aliphatic rings. The van der Waals surface area contributed by atoms with Gasteiger partial charge in [0.05, 0.1) is 12.6 Å². The van der Waals surface area contributed by atoms with Crippen LogP contribution >= 0.6 is 12.2 Å². The van der Waals surface area contributed by atoms with Gasteiger partial charge in [0.25, 0.3) is 0 Å². The number of nitrogens with one attached hydrogen (secondary N) is 2. The van der Waals surface area contributed by atoms with Crippen LogP contribution in [0.15, 0.2) is 48.5 Å². The Kier molecular flexibility index (Phi) is 6.32. The van der Waals surface area contributed by atoms with E-state index < -0.39 is 0 Å². The number of hydrogen-bond donors (Lipinski definition) is 2. The fraction of sp³-hybridized carbons (Fsp3) is 0.263. The maximum atomic E-state index is 11.3. The Hall–Kier alpha value is -2.40. The molecule has 2 aromatic carbocycles. The zero-order valence-corrected chi connectivity index (χ0v) is 14.9. The third kappa shape index (κ3) is 5.06. The minimum Gasteiger partial charge on any atom is -0.494 e. The highest BCUT2D eigenvalue weighted by atomic mass is 32.1. The van der Waals surface area contributed by atoms with E-state index in [1.165, 1.54) is 0 Å². The summed E-state index contributed by atoms with van der Waals surface area (Å²) < 4.78 is 5.44. The van der Waals surface area contributed by atoms with Gasteiger partial charge >= 0.3 is 0 Å². The third-order valence-corrected chi connectivity index (χ3v) is 3.81. The molecule has 0 radical (unpaired) electrons. The molecule has 0 aromatic heterocycles. The lowest BCUT2D eigenvalue weighted by molar-refractivity contribution is 0.101. The highest BCUT2D eigenvalue weighted by Crippen LogP contribution is 2.18. The molecular formula is C19H22N2O2S. The zero-order valence-electron chi connectivity index (χ0n) is 14.1. The number of ether oxygens (including phenoxy) is 1. The van der Waals surface area contributed by atoms with E-state index in [2.05, 4.69) is 10.6 Å². The zero-order chi connectivity index (χ0) is 17.5. The van der Waals surface area contributed by atoms with Crippen LogP contribution in [0.4, 0.5) is 5.69 Å². The van der Waals surface area contributed by atoms with E-state index in [0.29, 0.717) is 17.3 Å².